The third kappa shape index (κ3) is 3.69. The number of amides is 1. The van der Waals surface area contributed by atoms with Gasteiger partial charge in [-0.05, 0) is 44.7 Å². The molecule has 0 aromatic carbocycles. The van der Waals surface area contributed by atoms with Gasteiger partial charge in [-0.15, -0.1) is 0 Å². The number of hydrogen-bond acceptors (Lipinski definition) is 3. The molecule has 0 aromatic rings. The van der Waals surface area contributed by atoms with E-state index in [1.807, 2.05) is 7.05 Å². The van der Waals surface area contributed by atoms with Crippen LogP contribution in [0.5, 0.6) is 0 Å². The van der Waals surface area contributed by atoms with Crippen LogP contribution in [-0.4, -0.2) is 48.2 Å². The van der Waals surface area contributed by atoms with Gasteiger partial charge in [0.2, 0.25) is 5.91 Å². The molecule has 1 saturated carbocycles. The molecular formula is C14H26N2O2. The molecule has 0 radical (unpaired) electrons. The van der Waals surface area contributed by atoms with Crippen molar-refractivity contribution in [3.8, 4) is 0 Å². The molecule has 4 nitrogen and oxygen atoms in total. The smallest absolute Gasteiger partial charge is 0.222 e. The maximum atomic E-state index is 12.0. The van der Waals surface area contributed by atoms with E-state index in [1.54, 1.807) is 4.90 Å². The zero-order valence-corrected chi connectivity index (χ0v) is 11.5. The van der Waals surface area contributed by atoms with E-state index in [0.29, 0.717) is 18.9 Å². The lowest BCUT2D eigenvalue weighted by atomic mass is 10.0. The first-order chi connectivity index (χ1) is 8.59. The zero-order chi connectivity index (χ0) is 13.0. The Bertz CT molecular complexity index is 282. The molecule has 1 heterocycles. The summed E-state index contributed by atoms with van der Waals surface area (Å²) < 4.78 is 0. The summed E-state index contributed by atoms with van der Waals surface area (Å²) in [6.45, 7) is 2.66. The van der Waals surface area contributed by atoms with Crippen LogP contribution in [0.3, 0.4) is 0 Å². The molecule has 18 heavy (non-hydrogen) atoms. The van der Waals surface area contributed by atoms with Crippen LogP contribution in [0.2, 0.25) is 0 Å². The van der Waals surface area contributed by atoms with Gasteiger partial charge >= 0.3 is 0 Å². The van der Waals surface area contributed by atoms with E-state index in [4.69, 9.17) is 0 Å². The van der Waals surface area contributed by atoms with E-state index in [-0.39, 0.29) is 5.91 Å². The van der Waals surface area contributed by atoms with Crippen LogP contribution in [0.25, 0.3) is 0 Å². The van der Waals surface area contributed by atoms with Gasteiger partial charge in [-0.3, -0.25) is 4.79 Å². The fourth-order valence-electron chi connectivity index (χ4n) is 3.20. The van der Waals surface area contributed by atoms with Crippen LogP contribution in [-0.2, 0) is 4.79 Å². The number of rotatable bonds is 5. The Morgan fingerprint density at radius 2 is 2.17 bits per heavy atom. The number of nitrogens with one attached hydrogen (secondary N) is 1. The van der Waals surface area contributed by atoms with E-state index < -0.39 is 5.60 Å². The summed E-state index contributed by atoms with van der Waals surface area (Å²) in [4.78, 5) is 13.8. The van der Waals surface area contributed by atoms with E-state index in [9.17, 15) is 9.90 Å². The molecule has 2 rings (SSSR count). The van der Waals surface area contributed by atoms with Crippen LogP contribution in [0.15, 0.2) is 0 Å². The van der Waals surface area contributed by atoms with Gasteiger partial charge in [0.15, 0.2) is 0 Å². The first kappa shape index (κ1) is 13.8. The van der Waals surface area contributed by atoms with Crippen molar-refractivity contribution in [2.24, 2.45) is 5.92 Å². The molecular weight excluding hydrogens is 228 g/mol. The van der Waals surface area contributed by atoms with Gasteiger partial charge in [-0.2, -0.15) is 0 Å². The first-order valence-electron chi connectivity index (χ1n) is 7.26. The molecule has 2 aliphatic rings. The number of likely N-dealkylation sites (N-methyl/N-ethyl adjacent to an activating group) is 1. The topological polar surface area (TPSA) is 52.6 Å². The predicted octanol–water partition coefficient (Wildman–Crippen LogP) is 1.14. The van der Waals surface area contributed by atoms with E-state index in [2.05, 4.69) is 5.32 Å². The molecule has 0 bridgehead atoms. The van der Waals surface area contributed by atoms with Crippen LogP contribution in [0, 0.1) is 5.92 Å². The Morgan fingerprint density at radius 1 is 1.44 bits per heavy atom. The van der Waals surface area contributed by atoms with Crippen molar-refractivity contribution in [1.29, 1.82) is 0 Å². The third-order valence-corrected chi connectivity index (χ3v) is 4.42. The van der Waals surface area contributed by atoms with Crippen molar-refractivity contribution in [2.75, 3.05) is 26.7 Å². The molecule has 1 saturated heterocycles. The van der Waals surface area contributed by atoms with Crippen LogP contribution < -0.4 is 5.32 Å². The molecule has 2 fully saturated rings. The maximum absolute atomic E-state index is 12.0. The minimum absolute atomic E-state index is 0.183. The van der Waals surface area contributed by atoms with Crippen molar-refractivity contribution in [2.45, 2.75) is 50.5 Å². The van der Waals surface area contributed by atoms with Crippen LogP contribution >= 0.6 is 0 Å². The highest BCUT2D eigenvalue weighted by Crippen LogP contribution is 2.30. The van der Waals surface area contributed by atoms with Gasteiger partial charge in [0.1, 0.15) is 0 Å². The fraction of sp³-hybridized carbons (Fsp3) is 0.929. The summed E-state index contributed by atoms with van der Waals surface area (Å²) in [5, 5.41) is 13.6. The lowest BCUT2D eigenvalue weighted by molar-refractivity contribution is -0.133. The third-order valence-electron chi connectivity index (χ3n) is 4.42. The second kappa shape index (κ2) is 6.02. The largest absolute Gasteiger partial charge is 0.388 e. The lowest BCUT2D eigenvalue weighted by Gasteiger charge is -2.28. The van der Waals surface area contributed by atoms with Crippen LogP contribution in [0.1, 0.15) is 44.9 Å². The molecule has 1 unspecified atom stereocenters. The zero-order valence-electron chi connectivity index (χ0n) is 11.5. The number of carbonyl (C=O) groups is 1. The highest BCUT2D eigenvalue weighted by Gasteiger charge is 2.33. The highest BCUT2D eigenvalue weighted by molar-refractivity contribution is 5.75. The number of hydrogen-bond donors (Lipinski definition) is 2. The Labute approximate surface area is 110 Å². The summed E-state index contributed by atoms with van der Waals surface area (Å²) >= 11 is 0. The predicted molar refractivity (Wildman–Crippen MR) is 71.3 cm³/mol. The molecule has 1 aliphatic carbocycles. The Hall–Kier alpha value is -0.610. The minimum atomic E-state index is -0.612. The van der Waals surface area contributed by atoms with Gasteiger partial charge in [0, 0.05) is 20.0 Å². The van der Waals surface area contributed by atoms with Crippen molar-refractivity contribution >= 4 is 5.91 Å². The average molecular weight is 254 g/mol. The second-order valence-electron chi connectivity index (χ2n) is 6.08. The Balaban J connectivity index is 1.70. The lowest BCUT2D eigenvalue weighted by Crippen LogP contribution is -2.42. The van der Waals surface area contributed by atoms with Crippen molar-refractivity contribution in [1.82, 2.24) is 10.2 Å². The van der Waals surface area contributed by atoms with Crippen molar-refractivity contribution in [3.05, 3.63) is 0 Å². The van der Waals surface area contributed by atoms with E-state index in [1.165, 1.54) is 6.42 Å². The van der Waals surface area contributed by atoms with Gasteiger partial charge in [-0.25, -0.2) is 0 Å². The first-order valence-corrected chi connectivity index (χ1v) is 7.26. The van der Waals surface area contributed by atoms with E-state index >= 15 is 0 Å². The number of aliphatic hydroxyl groups is 1. The highest BCUT2D eigenvalue weighted by atomic mass is 16.3. The molecule has 4 heteroatoms. The molecule has 0 spiro atoms. The van der Waals surface area contributed by atoms with Crippen molar-refractivity contribution in [3.63, 3.8) is 0 Å². The van der Waals surface area contributed by atoms with Gasteiger partial charge in [-0.1, -0.05) is 12.8 Å². The Kier molecular flexibility index (Phi) is 4.62. The molecule has 104 valence electrons. The molecule has 1 amide bonds. The van der Waals surface area contributed by atoms with Gasteiger partial charge in [0.25, 0.3) is 0 Å². The van der Waals surface area contributed by atoms with E-state index in [0.717, 1.165) is 45.2 Å². The van der Waals surface area contributed by atoms with Crippen LogP contribution in [0.4, 0.5) is 0 Å². The summed E-state index contributed by atoms with van der Waals surface area (Å²) in [6.07, 6.45) is 6.67. The van der Waals surface area contributed by atoms with Crippen molar-refractivity contribution < 1.29 is 9.90 Å². The fourth-order valence-corrected chi connectivity index (χ4v) is 3.20. The quantitative estimate of drug-likeness (QED) is 0.773. The molecule has 1 aliphatic heterocycles. The monoisotopic (exact) mass is 254 g/mol. The number of carbonyl (C=O) groups excluding carboxylic acids is 1. The standard InChI is InChI=1S/C14H26N2O2/c1-16(11-14(18)7-2-3-8-14)13(17)5-4-12-6-9-15-10-12/h12,15,18H,2-11H2,1H3. The maximum Gasteiger partial charge on any atom is 0.222 e. The van der Waals surface area contributed by atoms with Gasteiger partial charge in [0.05, 0.1) is 5.60 Å². The SMILES string of the molecule is CN(CC1(O)CCCC1)C(=O)CCC1CCNC1. The molecule has 1 atom stereocenters. The van der Waals surface area contributed by atoms with Gasteiger partial charge < -0.3 is 15.3 Å². The minimum Gasteiger partial charge on any atom is -0.388 e. The Morgan fingerprint density at radius 3 is 2.78 bits per heavy atom. The summed E-state index contributed by atoms with van der Waals surface area (Å²) in [6, 6.07) is 0. The molecule has 2 N–H and O–H groups in total. The molecule has 0 aromatic heterocycles. The normalized spacial score (nSPS) is 26.4. The average Bonchev–Trinajstić information content (AvgIpc) is 2.97. The summed E-state index contributed by atoms with van der Waals surface area (Å²) in [5.41, 5.74) is -0.612. The summed E-state index contributed by atoms with van der Waals surface area (Å²) in [5.74, 6) is 0.846. The second-order valence-corrected chi connectivity index (χ2v) is 6.08. The summed E-state index contributed by atoms with van der Waals surface area (Å²) in [7, 11) is 1.82. The number of nitrogens with zero attached hydrogens (tertiary/aromatic N) is 1.